The number of carbonyl (C=O) groups excluding carboxylic acids is 1. The molecule has 0 aliphatic carbocycles. The Labute approximate surface area is 161 Å². The number of benzene rings is 3. The van der Waals surface area contributed by atoms with Crippen molar-refractivity contribution in [3.8, 4) is 5.75 Å². The van der Waals surface area contributed by atoms with Crippen molar-refractivity contribution in [2.75, 3.05) is 5.32 Å². The van der Waals surface area contributed by atoms with E-state index in [0.29, 0.717) is 12.2 Å². The molecule has 0 unspecified atom stereocenters. The van der Waals surface area contributed by atoms with Crippen LogP contribution in [0.15, 0.2) is 60.7 Å². The minimum atomic E-state index is -0.528. The highest BCUT2D eigenvalue weighted by molar-refractivity contribution is 14.1. The summed E-state index contributed by atoms with van der Waals surface area (Å²) in [6.45, 7) is 3.94. The molecule has 0 saturated carbocycles. The smallest absolute Gasteiger partial charge is 0.265 e. The van der Waals surface area contributed by atoms with E-state index < -0.39 is 6.10 Å². The largest absolute Gasteiger partial charge is 0.481 e. The fourth-order valence-electron chi connectivity index (χ4n) is 2.71. The van der Waals surface area contributed by atoms with E-state index in [2.05, 4.69) is 34.0 Å². The molecule has 3 aromatic carbocycles. The van der Waals surface area contributed by atoms with E-state index >= 15 is 0 Å². The summed E-state index contributed by atoms with van der Waals surface area (Å²) in [6, 6.07) is 20.0. The van der Waals surface area contributed by atoms with Crippen LogP contribution in [0.3, 0.4) is 0 Å². The average molecular weight is 445 g/mol. The predicted molar refractivity (Wildman–Crippen MR) is 111 cm³/mol. The lowest BCUT2D eigenvalue weighted by Crippen LogP contribution is -2.32. The summed E-state index contributed by atoms with van der Waals surface area (Å²) < 4.78 is 7.10. The summed E-state index contributed by atoms with van der Waals surface area (Å²) in [4.78, 5) is 12.6. The van der Waals surface area contributed by atoms with Crippen molar-refractivity contribution in [2.24, 2.45) is 0 Å². The van der Waals surface area contributed by atoms with Crippen molar-refractivity contribution < 1.29 is 9.53 Å². The molecule has 0 aliphatic rings. The number of nitrogens with one attached hydrogen (secondary N) is 1. The second-order valence-electron chi connectivity index (χ2n) is 5.97. The Morgan fingerprint density at radius 3 is 2.56 bits per heavy atom. The van der Waals surface area contributed by atoms with Crippen LogP contribution in [0.5, 0.6) is 5.75 Å². The predicted octanol–water partition coefficient (Wildman–Crippen LogP) is 5.55. The molecule has 0 saturated heterocycles. The molecule has 3 nitrogen and oxygen atoms in total. The van der Waals surface area contributed by atoms with Crippen molar-refractivity contribution in [3.05, 3.63) is 69.8 Å². The van der Waals surface area contributed by atoms with Crippen LogP contribution in [0, 0.1) is 10.5 Å². The molecule has 0 spiro atoms. The van der Waals surface area contributed by atoms with Gasteiger partial charge in [-0.15, -0.1) is 0 Å². The molecule has 1 N–H and O–H groups in total. The van der Waals surface area contributed by atoms with Gasteiger partial charge in [0.2, 0.25) is 0 Å². The highest BCUT2D eigenvalue weighted by Crippen LogP contribution is 2.23. The van der Waals surface area contributed by atoms with E-state index in [4.69, 9.17) is 4.74 Å². The number of anilines is 1. The molecule has 3 aromatic rings. The van der Waals surface area contributed by atoms with E-state index in [1.807, 2.05) is 68.4 Å². The second-order valence-corrected chi connectivity index (χ2v) is 7.22. The fraction of sp³-hybridized carbons (Fsp3) is 0.190. The Morgan fingerprint density at radius 2 is 1.84 bits per heavy atom. The molecule has 3 rings (SSSR count). The zero-order valence-electron chi connectivity index (χ0n) is 14.3. The Balaban J connectivity index is 1.75. The zero-order valence-corrected chi connectivity index (χ0v) is 16.4. The summed E-state index contributed by atoms with van der Waals surface area (Å²) >= 11 is 2.26. The van der Waals surface area contributed by atoms with Gasteiger partial charge in [-0.25, -0.2) is 0 Å². The van der Waals surface area contributed by atoms with Crippen LogP contribution in [-0.2, 0) is 4.79 Å². The molecule has 1 atom stereocenters. The lowest BCUT2D eigenvalue weighted by Gasteiger charge is -2.18. The van der Waals surface area contributed by atoms with E-state index in [1.165, 1.54) is 0 Å². The van der Waals surface area contributed by atoms with Gasteiger partial charge in [0.1, 0.15) is 5.75 Å². The topological polar surface area (TPSA) is 38.3 Å². The Bertz CT molecular complexity index is 907. The first-order valence-electron chi connectivity index (χ1n) is 8.29. The lowest BCUT2D eigenvalue weighted by atomic mass is 10.1. The summed E-state index contributed by atoms with van der Waals surface area (Å²) in [5.41, 5.74) is 1.87. The van der Waals surface area contributed by atoms with Crippen LogP contribution < -0.4 is 10.1 Å². The molecule has 0 aromatic heterocycles. The van der Waals surface area contributed by atoms with Gasteiger partial charge in [0.25, 0.3) is 5.91 Å². The number of rotatable bonds is 5. The van der Waals surface area contributed by atoms with Crippen LogP contribution in [0.25, 0.3) is 10.8 Å². The molecular weight excluding hydrogens is 425 g/mol. The SMILES string of the molecule is CC[C@H](Oc1ccc2ccccc2c1)C(=O)Nc1ccc(I)cc1C. The molecule has 1 amide bonds. The van der Waals surface area contributed by atoms with Crippen LogP contribution in [-0.4, -0.2) is 12.0 Å². The average Bonchev–Trinajstić information content (AvgIpc) is 2.61. The van der Waals surface area contributed by atoms with E-state index in [9.17, 15) is 4.79 Å². The number of fused-ring (bicyclic) bond motifs is 1. The number of carbonyl (C=O) groups is 1. The van der Waals surface area contributed by atoms with Gasteiger partial charge in [-0.3, -0.25) is 4.79 Å². The van der Waals surface area contributed by atoms with Crippen molar-refractivity contribution in [2.45, 2.75) is 26.4 Å². The van der Waals surface area contributed by atoms with Crippen LogP contribution in [0.4, 0.5) is 5.69 Å². The van der Waals surface area contributed by atoms with E-state index in [-0.39, 0.29) is 5.91 Å². The third kappa shape index (κ3) is 4.31. The normalized spacial score (nSPS) is 12.0. The Hall–Kier alpha value is -2.08. The molecule has 0 heterocycles. The van der Waals surface area contributed by atoms with Gasteiger partial charge in [0.05, 0.1) is 0 Å². The van der Waals surface area contributed by atoms with Gasteiger partial charge in [-0.05, 0) is 82.6 Å². The van der Waals surface area contributed by atoms with Crippen molar-refractivity contribution in [1.29, 1.82) is 0 Å². The number of aryl methyl sites for hydroxylation is 1. The molecule has 25 heavy (non-hydrogen) atoms. The number of amides is 1. The molecule has 0 fully saturated rings. The first-order valence-corrected chi connectivity index (χ1v) is 9.37. The molecule has 4 heteroatoms. The van der Waals surface area contributed by atoms with Gasteiger partial charge in [-0.2, -0.15) is 0 Å². The standard InChI is InChI=1S/C21H20INO2/c1-3-20(21(24)23-19-11-9-17(22)12-14(19)2)25-18-10-8-15-6-4-5-7-16(15)13-18/h4-13,20H,3H2,1-2H3,(H,23,24)/t20-/m0/s1. The highest BCUT2D eigenvalue weighted by atomic mass is 127. The summed E-state index contributed by atoms with van der Waals surface area (Å²) in [6.07, 6.45) is 0.0714. The minimum absolute atomic E-state index is 0.125. The van der Waals surface area contributed by atoms with Gasteiger partial charge in [-0.1, -0.05) is 37.3 Å². The molecule has 0 bridgehead atoms. The monoisotopic (exact) mass is 445 g/mol. The van der Waals surface area contributed by atoms with Crippen molar-refractivity contribution in [3.63, 3.8) is 0 Å². The number of hydrogen-bond acceptors (Lipinski definition) is 2. The van der Waals surface area contributed by atoms with Crippen molar-refractivity contribution in [1.82, 2.24) is 0 Å². The second kappa shape index (κ2) is 7.87. The first kappa shape index (κ1) is 17.7. The van der Waals surface area contributed by atoms with Crippen LogP contribution >= 0.6 is 22.6 Å². The van der Waals surface area contributed by atoms with Crippen LogP contribution in [0.2, 0.25) is 0 Å². The molecular formula is C21H20INO2. The Morgan fingerprint density at radius 1 is 1.08 bits per heavy atom. The minimum Gasteiger partial charge on any atom is -0.481 e. The fourth-order valence-corrected chi connectivity index (χ4v) is 3.35. The highest BCUT2D eigenvalue weighted by Gasteiger charge is 2.19. The summed E-state index contributed by atoms with van der Waals surface area (Å²) in [5.74, 6) is 0.583. The molecule has 128 valence electrons. The van der Waals surface area contributed by atoms with E-state index in [1.54, 1.807) is 0 Å². The van der Waals surface area contributed by atoms with Gasteiger partial charge < -0.3 is 10.1 Å². The maximum Gasteiger partial charge on any atom is 0.265 e. The van der Waals surface area contributed by atoms with Gasteiger partial charge in [0, 0.05) is 9.26 Å². The first-order chi connectivity index (χ1) is 12.1. The quantitative estimate of drug-likeness (QED) is 0.523. The third-order valence-corrected chi connectivity index (χ3v) is 4.78. The Kier molecular flexibility index (Phi) is 5.58. The number of hydrogen-bond donors (Lipinski definition) is 1. The third-order valence-electron chi connectivity index (χ3n) is 4.11. The molecule has 0 radical (unpaired) electrons. The maximum atomic E-state index is 12.6. The maximum absolute atomic E-state index is 12.6. The van der Waals surface area contributed by atoms with Gasteiger partial charge >= 0.3 is 0 Å². The zero-order chi connectivity index (χ0) is 17.8. The van der Waals surface area contributed by atoms with E-state index in [0.717, 1.165) is 25.6 Å². The number of halogens is 1. The van der Waals surface area contributed by atoms with Crippen LogP contribution in [0.1, 0.15) is 18.9 Å². The summed E-state index contributed by atoms with van der Waals surface area (Å²) in [7, 11) is 0. The van der Waals surface area contributed by atoms with Gasteiger partial charge in [0.15, 0.2) is 6.10 Å². The van der Waals surface area contributed by atoms with Crippen molar-refractivity contribution >= 4 is 45.0 Å². The molecule has 0 aliphatic heterocycles. The lowest BCUT2D eigenvalue weighted by molar-refractivity contribution is -0.122. The number of ether oxygens (including phenoxy) is 1. The summed E-state index contributed by atoms with van der Waals surface area (Å²) in [5, 5.41) is 5.23.